The topological polar surface area (TPSA) is 58.2 Å². The second kappa shape index (κ2) is 6.35. The zero-order valence-electron chi connectivity index (χ0n) is 11.3. The van der Waals surface area contributed by atoms with E-state index in [2.05, 4.69) is 10.0 Å². The third-order valence-electron chi connectivity index (χ3n) is 4.07. The van der Waals surface area contributed by atoms with Gasteiger partial charge in [0.1, 0.15) is 0 Å². The van der Waals surface area contributed by atoms with Crippen molar-refractivity contribution >= 4 is 10.0 Å². The predicted molar refractivity (Wildman–Crippen MR) is 74.0 cm³/mol. The Morgan fingerprint density at radius 2 is 1.83 bits per heavy atom. The van der Waals surface area contributed by atoms with Gasteiger partial charge in [0.25, 0.3) is 0 Å². The van der Waals surface area contributed by atoms with Gasteiger partial charge in [-0.3, -0.25) is 0 Å². The first kappa shape index (κ1) is 14.3. The number of sulfonamides is 1. The van der Waals surface area contributed by atoms with Crippen LogP contribution in [0, 0.1) is 5.92 Å². The standard InChI is InChI=1S/C13H26N2O2S/c1-11(12-5-2-3-6-12)15-18(16,17)10-4-9-14-13-7-8-13/h11-15H,2-10H2,1H3. The Bertz CT molecular complexity index is 346. The Hall–Kier alpha value is -0.130. The van der Waals surface area contributed by atoms with Crippen LogP contribution in [0.25, 0.3) is 0 Å². The summed E-state index contributed by atoms with van der Waals surface area (Å²) in [7, 11) is -3.09. The molecule has 0 aromatic heterocycles. The molecule has 0 amide bonds. The lowest BCUT2D eigenvalue weighted by Gasteiger charge is -2.20. The highest BCUT2D eigenvalue weighted by Gasteiger charge is 2.25. The van der Waals surface area contributed by atoms with Crippen LogP contribution in [-0.2, 0) is 10.0 Å². The predicted octanol–water partition coefficient (Wildman–Crippen LogP) is 1.63. The van der Waals surface area contributed by atoms with Crippen LogP contribution in [-0.4, -0.2) is 32.8 Å². The van der Waals surface area contributed by atoms with Gasteiger partial charge < -0.3 is 5.32 Å². The maximum absolute atomic E-state index is 11.9. The minimum Gasteiger partial charge on any atom is -0.314 e. The molecule has 0 aromatic carbocycles. The highest BCUT2D eigenvalue weighted by molar-refractivity contribution is 7.89. The first-order chi connectivity index (χ1) is 8.57. The first-order valence-electron chi connectivity index (χ1n) is 7.30. The van der Waals surface area contributed by atoms with Crippen molar-refractivity contribution < 1.29 is 8.42 Å². The summed E-state index contributed by atoms with van der Waals surface area (Å²) in [5.74, 6) is 0.799. The summed E-state index contributed by atoms with van der Waals surface area (Å²) < 4.78 is 26.7. The number of nitrogens with one attached hydrogen (secondary N) is 2. The van der Waals surface area contributed by atoms with Gasteiger partial charge >= 0.3 is 0 Å². The molecule has 0 radical (unpaired) electrons. The lowest BCUT2D eigenvalue weighted by molar-refractivity contribution is 0.423. The molecule has 2 saturated carbocycles. The summed E-state index contributed by atoms with van der Waals surface area (Å²) >= 11 is 0. The minimum atomic E-state index is -3.09. The zero-order valence-corrected chi connectivity index (χ0v) is 12.1. The lowest BCUT2D eigenvalue weighted by atomic mass is 10.0. The van der Waals surface area contributed by atoms with Gasteiger partial charge in [-0.1, -0.05) is 12.8 Å². The van der Waals surface area contributed by atoms with E-state index in [0.29, 0.717) is 18.4 Å². The van der Waals surface area contributed by atoms with Crippen LogP contribution in [0.3, 0.4) is 0 Å². The van der Waals surface area contributed by atoms with Crippen molar-refractivity contribution in [3.05, 3.63) is 0 Å². The molecule has 0 bridgehead atoms. The summed E-state index contributed by atoms with van der Waals surface area (Å²) in [5.41, 5.74) is 0. The van der Waals surface area contributed by atoms with Crippen LogP contribution in [0.4, 0.5) is 0 Å². The van der Waals surface area contributed by atoms with Gasteiger partial charge in [-0.15, -0.1) is 0 Å². The van der Waals surface area contributed by atoms with E-state index < -0.39 is 10.0 Å². The highest BCUT2D eigenvalue weighted by Crippen LogP contribution is 2.27. The van der Waals surface area contributed by atoms with Gasteiger partial charge in [0.15, 0.2) is 0 Å². The Morgan fingerprint density at radius 3 is 2.44 bits per heavy atom. The smallest absolute Gasteiger partial charge is 0.211 e. The summed E-state index contributed by atoms with van der Waals surface area (Å²) in [4.78, 5) is 0. The summed E-state index contributed by atoms with van der Waals surface area (Å²) in [5, 5.41) is 3.35. The molecular weight excluding hydrogens is 248 g/mol. The molecule has 1 atom stereocenters. The molecule has 0 heterocycles. The van der Waals surface area contributed by atoms with Crippen molar-refractivity contribution in [2.45, 2.75) is 64.0 Å². The van der Waals surface area contributed by atoms with Gasteiger partial charge in [0.05, 0.1) is 5.75 Å². The van der Waals surface area contributed by atoms with Crippen LogP contribution in [0.15, 0.2) is 0 Å². The van der Waals surface area contributed by atoms with E-state index in [1.54, 1.807) is 0 Å². The second-order valence-electron chi connectivity index (χ2n) is 5.85. The third-order valence-corrected chi connectivity index (χ3v) is 5.63. The van der Waals surface area contributed by atoms with E-state index in [1.807, 2.05) is 6.92 Å². The van der Waals surface area contributed by atoms with Crippen LogP contribution in [0.2, 0.25) is 0 Å². The molecule has 2 fully saturated rings. The Morgan fingerprint density at radius 1 is 1.17 bits per heavy atom. The Labute approximate surface area is 111 Å². The van der Waals surface area contributed by atoms with Crippen molar-refractivity contribution in [3.8, 4) is 0 Å². The molecule has 2 N–H and O–H groups in total. The molecule has 2 aliphatic rings. The molecule has 1 unspecified atom stereocenters. The third kappa shape index (κ3) is 4.86. The molecule has 5 heteroatoms. The van der Waals surface area contributed by atoms with E-state index in [0.717, 1.165) is 6.54 Å². The van der Waals surface area contributed by atoms with E-state index in [1.165, 1.54) is 38.5 Å². The fourth-order valence-corrected chi connectivity index (χ4v) is 4.15. The van der Waals surface area contributed by atoms with Gasteiger partial charge in [-0.05, 0) is 51.5 Å². The molecule has 2 aliphatic carbocycles. The molecular formula is C13H26N2O2S. The molecule has 0 aliphatic heterocycles. The lowest BCUT2D eigenvalue weighted by Crippen LogP contribution is -2.39. The average molecular weight is 274 g/mol. The van der Waals surface area contributed by atoms with Crippen molar-refractivity contribution in [2.24, 2.45) is 5.92 Å². The molecule has 106 valence electrons. The largest absolute Gasteiger partial charge is 0.314 e. The molecule has 0 spiro atoms. The van der Waals surface area contributed by atoms with Crippen LogP contribution < -0.4 is 10.0 Å². The van der Waals surface area contributed by atoms with Crippen LogP contribution in [0.1, 0.15) is 51.9 Å². The van der Waals surface area contributed by atoms with Crippen molar-refractivity contribution in [1.29, 1.82) is 0 Å². The monoisotopic (exact) mass is 274 g/mol. The van der Waals surface area contributed by atoms with Crippen molar-refractivity contribution in [1.82, 2.24) is 10.0 Å². The molecule has 4 nitrogen and oxygen atoms in total. The van der Waals surface area contributed by atoms with Gasteiger partial charge in [-0.2, -0.15) is 0 Å². The van der Waals surface area contributed by atoms with Crippen LogP contribution >= 0.6 is 0 Å². The molecule has 18 heavy (non-hydrogen) atoms. The Kier molecular flexibility index (Phi) is 5.04. The maximum atomic E-state index is 11.9. The average Bonchev–Trinajstić information content (AvgIpc) is 2.95. The van der Waals surface area contributed by atoms with Crippen molar-refractivity contribution in [2.75, 3.05) is 12.3 Å². The number of hydrogen-bond donors (Lipinski definition) is 2. The van der Waals surface area contributed by atoms with Gasteiger partial charge in [0.2, 0.25) is 10.0 Å². The fraction of sp³-hybridized carbons (Fsp3) is 1.00. The van der Waals surface area contributed by atoms with E-state index >= 15 is 0 Å². The van der Waals surface area contributed by atoms with Gasteiger partial charge in [-0.25, -0.2) is 13.1 Å². The van der Waals surface area contributed by atoms with Crippen molar-refractivity contribution in [3.63, 3.8) is 0 Å². The zero-order chi connectivity index (χ0) is 13.0. The second-order valence-corrected chi connectivity index (χ2v) is 7.73. The van der Waals surface area contributed by atoms with E-state index in [9.17, 15) is 8.42 Å². The van der Waals surface area contributed by atoms with Gasteiger partial charge in [0, 0.05) is 12.1 Å². The quantitative estimate of drug-likeness (QED) is 0.661. The first-order valence-corrected chi connectivity index (χ1v) is 8.95. The number of rotatable bonds is 8. The molecule has 0 saturated heterocycles. The van der Waals surface area contributed by atoms with E-state index in [-0.39, 0.29) is 11.8 Å². The maximum Gasteiger partial charge on any atom is 0.211 e. The number of hydrogen-bond acceptors (Lipinski definition) is 3. The minimum absolute atomic E-state index is 0.105. The normalized spacial score (nSPS) is 23.4. The highest BCUT2D eigenvalue weighted by atomic mass is 32.2. The van der Waals surface area contributed by atoms with Crippen LogP contribution in [0.5, 0.6) is 0 Å². The summed E-state index contributed by atoms with van der Waals surface area (Å²) in [6.07, 6.45) is 8.07. The molecule has 0 aromatic rings. The Balaban J connectivity index is 1.64. The molecule has 2 rings (SSSR count). The van der Waals surface area contributed by atoms with E-state index in [4.69, 9.17) is 0 Å². The summed E-state index contributed by atoms with van der Waals surface area (Å²) in [6.45, 7) is 2.83. The summed E-state index contributed by atoms with van der Waals surface area (Å²) in [6, 6.07) is 0.770. The SMILES string of the molecule is CC(NS(=O)(=O)CCCNC1CC1)C1CCCC1. The fourth-order valence-electron chi connectivity index (χ4n) is 2.75.